The number of phosphoric acid groups is 1. The van der Waals surface area contributed by atoms with Crippen LogP contribution in [0.1, 0.15) is 162 Å². The number of ether oxygens (including phenoxy) is 2. The van der Waals surface area contributed by atoms with Crippen LogP contribution in [0.5, 0.6) is 0 Å². The van der Waals surface area contributed by atoms with Gasteiger partial charge in [0, 0.05) is 12.8 Å². The lowest BCUT2D eigenvalue weighted by molar-refractivity contribution is -0.870. The van der Waals surface area contributed by atoms with Gasteiger partial charge in [0.15, 0.2) is 6.10 Å². The van der Waals surface area contributed by atoms with Gasteiger partial charge in [-0.25, -0.2) is 4.57 Å². The summed E-state index contributed by atoms with van der Waals surface area (Å²) in [5, 5.41) is 0. The first-order chi connectivity index (χ1) is 31.5. The van der Waals surface area contributed by atoms with Gasteiger partial charge in [-0.15, -0.1) is 0 Å². The van der Waals surface area contributed by atoms with Crippen LogP contribution in [-0.4, -0.2) is 74.9 Å². The number of esters is 2. The molecule has 0 fully saturated rings. The standard InChI is InChI=1S/C55H90NO8P/c1-6-8-10-12-14-16-17-18-19-20-21-22-23-24-25-26-27-28-29-30-31-32-33-34-35-36-37-38-39-40-42-44-46-48-55(58)64-53(52-63-65(59,60)62-50-49-56(3,4)5)51-61-54(57)47-45-43-41-15-13-11-9-7-2/h8,10,14,16,18-19,21-22,24-25,27-28,30-31,33-34,36-37,39-40,53H,6-7,9,11-13,15,17,20,23,26,29,32,35,38,41-52H2,1-5H3/p+1/b10-8-,16-14-,19-18-,22-21-,25-24-,28-27-,31-30-,34-33-,37-36-,40-39-. The number of hydrogen-bond acceptors (Lipinski definition) is 7. The van der Waals surface area contributed by atoms with Crippen LogP contribution in [0.4, 0.5) is 0 Å². The monoisotopic (exact) mass is 925 g/mol. The molecule has 0 aromatic heterocycles. The lowest BCUT2D eigenvalue weighted by atomic mass is 10.1. The Balaban J connectivity index is 4.26. The maximum absolute atomic E-state index is 12.7. The molecule has 1 N–H and O–H groups in total. The number of likely N-dealkylation sites (N-methyl/N-ethyl adjacent to an activating group) is 1. The minimum Gasteiger partial charge on any atom is -0.462 e. The Hall–Kier alpha value is -3.59. The topological polar surface area (TPSA) is 108 Å². The Morgan fingerprint density at radius 2 is 0.877 bits per heavy atom. The minimum absolute atomic E-state index is 0.0170. The van der Waals surface area contributed by atoms with E-state index in [1.807, 2.05) is 21.1 Å². The molecule has 0 radical (unpaired) electrons. The van der Waals surface area contributed by atoms with E-state index in [4.69, 9.17) is 18.5 Å². The molecular weight excluding hydrogens is 834 g/mol. The SMILES string of the molecule is CC/C=C\C/C=C\C/C=C\C/C=C\C/C=C\C/C=C\C/C=C\C/C=C\C/C=C\C/C=C\CCCCC(=O)OC(COC(=O)CCCCCCCCCC)COP(=O)(O)OCC[N+](C)(C)C. The van der Waals surface area contributed by atoms with E-state index in [9.17, 15) is 19.0 Å². The second-order valence-corrected chi connectivity index (χ2v) is 18.6. The van der Waals surface area contributed by atoms with Gasteiger partial charge in [-0.3, -0.25) is 18.6 Å². The van der Waals surface area contributed by atoms with E-state index < -0.39 is 32.5 Å². The van der Waals surface area contributed by atoms with Gasteiger partial charge in [-0.05, 0) is 89.9 Å². The fourth-order valence-electron chi connectivity index (χ4n) is 5.92. The molecule has 2 atom stereocenters. The summed E-state index contributed by atoms with van der Waals surface area (Å²) in [4.78, 5) is 35.3. The molecule has 0 aromatic carbocycles. The first-order valence-corrected chi connectivity index (χ1v) is 26.3. The molecular formula is C55H91NO8P+. The largest absolute Gasteiger partial charge is 0.472 e. The Morgan fingerprint density at radius 1 is 0.492 bits per heavy atom. The Kier molecular flexibility index (Phi) is 43.0. The van der Waals surface area contributed by atoms with E-state index in [0.29, 0.717) is 17.4 Å². The van der Waals surface area contributed by atoms with Crippen LogP contribution in [0.25, 0.3) is 0 Å². The number of carbonyl (C=O) groups is 2. The first kappa shape index (κ1) is 61.4. The van der Waals surface area contributed by atoms with Crippen LogP contribution in [0, 0.1) is 0 Å². The van der Waals surface area contributed by atoms with E-state index in [1.165, 1.54) is 32.1 Å². The molecule has 9 nitrogen and oxygen atoms in total. The molecule has 0 aromatic rings. The highest BCUT2D eigenvalue weighted by atomic mass is 31.2. The van der Waals surface area contributed by atoms with Crippen molar-refractivity contribution in [3.05, 3.63) is 122 Å². The van der Waals surface area contributed by atoms with E-state index in [0.717, 1.165) is 96.3 Å². The smallest absolute Gasteiger partial charge is 0.462 e. The zero-order valence-corrected chi connectivity index (χ0v) is 42.3. The number of hydrogen-bond donors (Lipinski definition) is 1. The number of unbranched alkanes of at least 4 members (excludes halogenated alkanes) is 9. The van der Waals surface area contributed by atoms with E-state index in [2.05, 4.69) is 135 Å². The number of allylic oxidation sites excluding steroid dienone is 20. The maximum Gasteiger partial charge on any atom is 0.472 e. The Morgan fingerprint density at radius 3 is 1.31 bits per heavy atom. The Bertz CT molecular complexity index is 1510. The van der Waals surface area contributed by atoms with Crippen LogP contribution in [-0.2, 0) is 32.7 Å². The normalized spacial score (nSPS) is 14.5. The van der Waals surface area contributed by atoms with E-state index in [1.54, 1.807) is 0 Å². The summed E-state index contributed by atoms with van der Waals surface area (Å²) >= 11 is 0. The molecule has 0 spiro atoms. The summed E-state index contributed by atoms with van der Waals surface area (Å²) in [5.74, 6) is -0.866. The lowest BCUT2D eigenvalue weighted by Gasteiger charge is -2.24. The van der Waals surface area contributed by atoms with Crippen molar-refractivity contribution in [1.29, 1.82) is 0 Å². The van der Waals surface area contributed by atoms with Crippen LogP contribution in [0.15, 0.2) is 122 Å². The number of nitrogens with zero attached hydrogens (tertiary/aromatic N) is 1. The molecule has 0 amide bonds. The summed E-state index contributed by atoms with van der Waals surface area (Å²) in [5.41, 5.74) is 0. The summed E-state index contributed by atoms with van der Waals surface area (Å²) in [6, 6.07) is 0. The van der Waals surface area contributed by atoms with Crippen molar-refractivity contribution in [2.24, 2.45) is 0 Å². The van der Waals surface area contributed by atoms with Gasteiger partial charge in [0.1, 0.15) is 19.8 Å². The third-order valence-corrected chi connectivity index (χ3v) is 10.7. The third-order valence-electron chi connectivity index (χ3n) is 9.76. The molecule has 0 heterocycles. The second kappa shape index (κ2) is 45.6. The zero-order chi connectivity index (χ0) is 47.8. The number of carbonyl (C=O) groups excluding carboxylic acids is 2. The minimum atomic E-state index is -4.39. The quantitative estimate of drug-likeness (QED) is 0.0212. The zero-order valence-electron chi connectivity index (χ0n) is 41.4. The fraction of sp³-hybridized carbons (Fsp3) is 0.600. The number of phosphoric ester groups is 1. The van der Waals surface area contributed by atoms with Gasteiger partial charge in [-0.1, -0.05) is 180 Å². The van der Waals surface area contributed by atoms with Gasteiger partial charge in [-0.2, -0.15) is 0 Å². The molecule has 65 heavy (non-hydrogen) atoms. The summed E-state index contributed by atoms with van der Waals surface area (Å²) < 4.78 is 34.2. The highest BCUT2D eigenvalue weighted by Gasteiger charge is 2.27. The predicted octanol–water partition coefficient (Wildman–Crippen LogP) is 14.9. The molecule has 10 heteroatoms. The Labute approximate surface area is 397 Å². The average molecular weight is 925 g/mol. The molecule has 0 saturated heterocycles. The van der Waals surface area contributed by atoms with Crippen molar-refractivity contribution in [2.45, 2.75) is 168 Å². The van der Waals surface area contributed by atoms with E-state index in [-0.39, 0.29) is 26.1 Å². The molecule has 0 saturated carbocycles. The fourth-order valence-corrected chi connectivity index (χ4v) is 6.66. The van der Waals surface area contributed by atoms with Crippen LogP contribution in [0.3, 0.4) is 0 Å². The van der Waals surface area contributed by atoms with Gasteiger partial charge >= 0.3 is 19.8 Å². The van der Waals surface area contributed by atoms with Gasteiger partial charge in [0.25, 0.3) is 0 Å². The maximum atomic E-state index is 12.7. The van der Waals surface area contributed by atoms with Crippen LogP contribution in [0.2, 0.25) is 0 Å². The van der Waals surface area contributed by atoms with Crippen LogP contribution < -0.4 is 0 Å². The third kappa shape index (κ3) is 49.7. The molecule has 0 bridgehead atoms. The van der Waals surface area contributed by atoms with Crippen molar-refractivity contribution >= 4 is 19.8 Å². The summed E-state index contributed by atoms with van der Waals surface area (Å²) in [7, 11) is 1.43. The van der Waals surface area contributed by atoms with E-state index >= 15 is 0 Å². The molecule has 2 unspecified atom stereocenters. The highest BCUT2D eigenvalue weighted by Crippen LogP contribution is 2.43. The lowest BCUT2D eigenvalue weighted by Crippen LogP contribution is -2.37. The van der Waals surface area contributed by atoms with Crippen molar-refractivity contribution in [3.63, 3.8) is 0 Å². The molecule has 0 rings (SSSR count). The van der Waals surface area contributed by atoms with Crippen molar-refractivity contribution in [1.82, 2.24) is 0 Å². The molecule has 0 aliphatic rings. The van der Waals surface area contributed by atoms with Crippen LogP contribution >= 0.6 is 7.82 Å². The summed E-state index contributed by atoms with van der Waals surface area (Å²) in [6.07, 6.45) is 64.3. The summed E-state index contributed by atoms with van der Waals surface area (Å²) in [6.45, 7) is 4.19. The highest BCUT2D eigenvalue weighted by molar-refractivity contribution is 7.47. The predicted molar refractivity (Wildman–Crippen MR) is 274 cm³/mol. The van der Waals surface area contributed by atoms with Gasteiger partial charge in [0.05, 0.1) is 27.7 Å². The average Bonchev–Trinajstić information content (AvgIpc) is 3.26. The van der Waals surface area contributed by atoms with Crippen molar-refractivity contribution in [2.75, 3.05) is 47.5 Å². The second-order valence-electron chi connectivity index (χ2n) is 17.1. The van der Waals surface area contributed by atoms with Crippen molar-refractivity contribution < 1.29 is 42.1 Å². The van der Waals surface area contributed by atoms with Gasteiger partial charge < -0.3 is 18.9 Å². The first-order valence-electron chi connectivity index (χ1n) is 24.8. The molecule has 0 aliphatic heterocycles. The molecule has 0 aliphatic carbocycles. The van der Waals surface area contributed by atoms with Gasteiger partial charge in [0.2, 0.25) is 0 Å². The number of quaternary nitrogens is 1. The van der Waals surface area contributed by atoms with Crippen molar-refractivity contribution in [3.8, 4) is 0 Å². The number of rotatable bonds is 43. The molecule has 368 valence electrons.